The van der Waals surface area contributed by atoms with Gasteiger partial charge in [0.15, 0.2) is 0 Å². The van der Waals surface area contributed by atoms with Crippen molar-refractivity contribution in [3.05, 3.63) is 48.2 Å². The molecule has 2 heteroatoms. The Hall–Kier alpha value is -1.57. The molecule has 2 nitrogen and oxygen atoms in total. The van der Waals surface area contributed by atoms with Crippen LogP contribution in [0.2, 0.25) is 0 Å². The fourth-order valence-electron chi connectivity index (χ4n) is 1.44. The lowest BCUT2D eigenvalue weighted by Gasteiger charge is -2.20. The van der Waals surface area contributed by atoms with Crippen LogP contribution in [0.1, 0.15) is 24.5 Å². The minimum Gasteiger partial charge on any atom is -0.333 e. The van der Waals surface area contributed by atoms with E-state index in [4.69, 9.17) is 5.41 Å². The molecule has 0 fully saturated rings. The largest absolute Gasteiger partial charge is 0.333 e. The van der Waals surface area contributed by atoms with E-state index in [2.05, 4.69) is 25.6 Å². The summed E-state index contributed by atoms with van der Waals surface area (Å²) in [5, 5.41) is 7.77. The Morgan fingerprint density at radius 2 is 2.13 bits per heavy atom. The molecule has 0 aromatic heterocycles. The van der Waals surface area contributed by atoms with Crippen LogP contribution in [0.3, 0.4) is 0 Å². The van der Waals surface area contributed by atoms with Crippen LogP contribution in [0, 0.1) is 12.3 Å². The standard InChI is InChI=1S/C13H18N2/c1-4-13(14)15(5-2)10-12-9-7-6-8-11(12)3/h5-9,14H,2,4,10H2,1,3H3. The molecule has 0 bridgehead atoms. The van der Waals surface area contributed by atoms with Crippen molar-refractivity contribution in [3.63, 3.8) is 0 Å². The number of nitrogens with one attached hydrogen (secondary N) is 1. The third kappa shape index (κ3) is 2.94. The predicted molar refractivity (Wildman–Crippen MR) is 64.9 cm³/mol. The number of hydrogen-bond donors (Lipinski definition) is 1. The number of benzene rings is 1. The van der Waals surface area contributed by atoms with Crippen molar-refractivity contribution in [2.45, 2.75) is 26.8 Å². The van der Waals surface area contributed by atoms with Crippen molar-refractivity contribution in [1.29, 1.82) is 5.41 Å². The first kappa shape index (κ1) is 11.5. The highest BCUT2D eigenvalue weighted by Gasteiger charge is 2.06. The predicted octanol–water partition coefficient (Wildman–Crippen LogP) is 3.33. The second-order valence-electron chi connectivity index (χ2n) is 3.54. The molecule has 0 saturated carbocycles. The molecule has 0 atom stereocenters. The van der Waals surface area contributed by atoms with Crippen molar-refractivity contribution < 1.29 is 0 Å². The number of aryl methyl sites for hydroxylation is 1. The van der Waals surface area contributed by atoms with Gasteiger partial charge in [-0.25, -0.2) is 0 Å². The minimum atomic E-state index is 0.605. The normalized spacial score (nSPS) is 9.73. The van der Waals surface area contributed by atoms with Crippen molar-refractivity contribution in [2.75, 3.05) is 0 Å². The first-order valence-corrected chi connectivity index (χ1v) is 5.20. The number of nitrogens with zero attached hydrogens (tertiary/aromatic N) is 1. The van der Waals surface area contributed by atoms with Gasteiger partial charge in [-0.1, -0.05) is 37.8 Å². The second-order valence-corrected chi connectivity index (χ2v) is 3.54. The summed E-state index contributed by atoms with van der Waals surface area (Å²) in [5.74, 6) is 0.605. The van der Waals surface area contributed by atoms with E-state index in [1.54, 1.807) is 6.20 Å². The maximum atomic E-state index is 7.77. The van der Waals surface area contributed by atoms with Gasteiger partial charge in [-0.3, -0.25) is 5.41 Å². The summed E-state index contributed by atoms with van der Waals surface area (Å²) in [7, 11) is 0. The summed E-state index contributed by atoms with van der Waals surface area (Å²) in [6, 6.07) is 8.24. The molecule has 0 unspecified atom stereocenters. The van der Waals surface area contributed by atoms with Crippen LogP contribution in [-0.4, -0.2) is 10.7 Å². The molecule has 1 N–H and O–H groups in total. The smallest absolute Gasteiger partial charge is 0.0998 e. The lowest BCUT2D eigenvalue weighted by atomic mass is 10.1. The topological polar surface area (TPSA) is 27.1 Å². The van der Waals surface area contributed by atoms with Gasteiger partial charge in [0.1, 0.15) is 0 Å². The molecule has 0 spiro atoms. The lowest BCUT2D eigenvalue weighted by Crippen LogP contribution is -2.23. The van der Waals surface area contributed by atoms with Crippen molar-refractivity contribution in [1.82, 2.24) is 4.90 Å². The van der Waals surface area contributed by atoms with Gasteiger partial charge in [0.25, 0.3) is 0 Å². The Morgan fingerprint density at radius 3 is 2.67 bits per heavy atom. The average molecular weight is 202 g/mol. The quantitative estimate of drug-likeness (QED) is 0.588. The highest BCUT2D eigenvalue weighted by molar-refractivity contribution is 5.79. The van der Waals surface area contributed by atoms with E-state index >= 15 is 0 Å². The molecule has 0 amide bonds. The van der Waals surface area contributed by atoms with E-state index in [0.29, 0.717) is 5.84 Å². The molecule has 0 saturated heterocycles. The second kappa shape index (κ2) is 5.35. The molecule has 0 aliphatic rings. The van der Waals surface area contributed by atoms with Crippen molar-refractivity contribution in [2.24, 2.45) is 0 Å². The molecule has 1 aromatic rings. The molecular formula is C13H18N2. The fourth-order valence-corrected chi connectivity index (χ4v) is 1.44. The molecule has 0 radical (unpaired) electrons. The van der Waals surface area contributed by atoms with Crippen LogP contribution < -0.4 is 0 Å². The molecular weight excluding hydrogens is 184 g/mol. The highest BCUT2D eigenvalue weighted by atomic mass is 15.1. The number of rotatable bonds is 4. The molecule has 1 aromatic carbocycles. The molecule has 0 aliphatic heterocycles. The van der Waals surface area contributed by atoms with E-state index < -0.39 is 0 Å². The third-order valence-corrected chi connectivity index (χ3v) is 2.50. The highest BCUT2D eigenvalue weighted by Crippen LogP contribution is 2.11. The summed E-state index contributed by atoms with van der Waals surface area (Å²) in [6.07, 6.45) is 2.45. The monoisotopic (exact) mass is 202 g/mol. The Morgan fingerprint density at radius 1 is 1.47 bits per heavy atom. The van der Waals surface area contributed by atoms with Gasteiger partial charge >= 0.3 is 0 Å². The summed E-state index contributed by atoms with van der Waals surface area (Å²) < 4.78 is 0. The van der Waals surface area contributed by atoms with E-state index in [1.807, 2.05) is 24.0 Å². The Balaban J connectivity index is 2.80. The Labute approximate surface area is 91.7 Å². The van der Waals surface area contributed by atoms with E-state index in [9.17, 15) is 0 Å². The van der Waals surface area contributed by atoms with Crippen molar-refractivity contribution >= 4 is 5.84 Å². The van der Waals surface area contributed by atoms with E-state index in [1.165, 1.54) is 11.1 Å². The van der Waals surface area contributed by atoms with Gasteiger partial charge in [-0.2, -0.15) is 0 Å². The van der Waals surface area contributed by atoms with Gasteiger partial charge in [-0.05, 0) is 24.3 Å². The van der Waals surface area contributed by atoms with Crippen LogP contribution in [0.25, 0.3) is 0 Å². The van der Waals surface area contributed by atoms with Gasteiger partial charge in [0.2, 0.25) is 0 Å². The maximum Gasteiger partial charge on any atom is 0.0998 e. The van der Waals surface area contributed by atoms with Gasteiger partial charge in [-0.15, -0.1) is 0 Å². The van der Waals surface area contributed by atoms with E-state index in [-0.39, 0.29) is 0 Å². The number of hydrogen-bond acceptors (Lipinski definition) is 1. The summed E-state index contributed by atoms with van der Waals surface area (Å²) in [5.41, 5.74) is 2.50. The summed E-state index contributed by atoms with van der Waals surface area (Å²) in [6.45, 7) is 8.55. The van der Waals surface area contributed by atoms with Gasteiger partial charge in [0, 0.05) is 13.0 Å². The molecule has 0 aliphatic carbocycles. The zero-order chi connectivity index (χ0) is 11.3. The van der Waals surface area contributed by atoms with Crippen LogP contribution in [0.4, 0.5) is 0 Å². The first-order chi connectivity index (χ1) is 7.19. The molecule has 0 heterocycles. The average Bonchev–Trinajstić information content (AvgIpc) is 2.27. The first-order valence-electron chi connectivity index (χ1n) is 5.20. The molecule has 80 valence electrons. The summed E-state index contributed by atoms with van der Waals surface area (Å²) in [4.78, 5) is 1.88. The third-order valence-electron chi connectivity index (χ3n) is 2.50. The van der Waals surface area contributed by atoms with Crippen LogP contribution >= 0.6 is 0 Å². The maximum absolute atomic E-state index is 7.77. The van der Waals surface area contributed by atoms with Gasteiger partial charge < -0.3 is 4.90 Å². The van der Waals surface area contributed by atoms with Gasteiger partial charge in [0.05, 0.1) is 5.84 Å². The SMILES string of the molecule is C=CN(Cc1ccccc1C)C(=N)CC. The zero-order valence-corrected chi connectivity index (χ0v) is 9.46. The zero-order valence-electron chi connectivity index (χ0n) is 9.46. The van der Waals surface area contributed by atoms with Crippen LogP contribution in [0.15, 0.2) is 37.0 Å². The molecule has 1 rings (SSSR count). The Kier molecular flexibility index (Phi) is 4.10. The van der Waals surface area contributed by atoms with Crippen LogP contribution in [0.5, 0.6) is 0 Å². The summed E-state index contributed by atoms with van der Waals surface area (Å²) >= 11 is 0. The number of amidine groups is 1. The molecule has 15 heavy (non-hydrogen) atoms. The van der Waals surface area contributed by atoms with E-state index in [0.717, 1.165) is 13.0 Å². The van der Waals surface area contributed by atoms with Crippen LogP contribution in [-0.2, 0) is 6.54 Å². The Bertz CT molecular complexity index is 355. The minimum absolute atomic E-state index is 0.605. The van der Waals surface area contributed by atoms with Crippen molar-refractivity contribution in [3.8, 4) is 0 Å². The fraction of sp³-hybridized carbons (Fsp3) is 0.308. The lowest BCUT2D eigenvalue weighted by molar-refractivity contribution is 0.537.